The minimum absolute atomic E-state index is 0.0504. The summed E-state index contributed by atoms with van der Waals surface area (Å²) in [4.78, 5) is 33.6. The van der Waals surface area contributed by atoms with Gasteiger partial charge in [0.05, 0.1) is 13.2 Å². The molecule has 0 fully saturated rings. The number of nitrogens with two attached hydrogens (primary N) is 1. The van der Waals surface area contributed by atoms with Crippen LogP contribution in [0, 0.1) is 0 Å². The minimum atomic E-state index is -0.666. The number of carbonyl (C=O) groups is 3. The zero-order valence-corrected chi connectivity index (χ0v) is 15.7. The van der Waals surface area contributed by atoms with Gasteiger partial charge in [-0.1, -0.05) is 6.07 Å². The van der Waals surface area contributed by atoms with Gasteiger partial charge in [0.1, 0.15) is 25.2 Å². The van der Waals surface area contributed by atoms with Gasteiger partial charge in [-0.2, -0.15) is 0 Å². The maximum absolute atomic E-state index is 12.1. The highest BCUT2D eigenvalue weighted by Gasteiger charge is 2.08. The predicted octanol–water partition coefficient (Wildman–Crippen LogP) is -0.162. The summed E-state index contributed by atoms with van der Waals surface area (Å²) in [6.45, 7) is 4.20. The van der Waals surface area contributed by atoms with Crippen LogP contribution in [0.3, 0.4) is 0 Å². The lowest BCUT2D eigenvalue weighted by molar-refractivity contribution is -0.122. The van der Waals surface area contributed by atoms with Gasteiger partial charge in [0.25, 0.3) is 5.91 Å². The summed E-state index contributed by atoms with van der Waals surface area (Å²) in [6, 6.07) is 6.65. The third kappa shape index (κ3) is 11.0. The van der Waals surface area contributed by atoms with Gasteiger partial charge in [0.15, 0.2) is 5.78 Å². The maximum Gasteiger partial charge on any atom is 0.251 e. The average Bonchev–Trinajstić information content (AvgIpc) is 2.63. The van der Waals surface area contributed by atoms with E-state index in [0.29, 0.717) is 24.4 Å². The molecule has 0 aliphatic carbocycles. The summed E-state index contributed by atoms with van der Waals surface area (Å²) >= 11 is 0. The first-order valence-corrected chi connectivity index (χ1v) is 8.58. The Labute approximate surface area is 158 Å². The molecule has 1 unspecified atom stereocenters. The number of carbonyl (C=O) groups excluding carboxylic acids is 3. The second-order valence-corrected chi connectivity index (χ2v) is 5.74. The smallest absolute Gasteiger partial charge is 0.251 e. The van der Waals surface area contributed by atoms with E-state index >= 15 is 0 Å². The summed E-state index contributed by atoms with van der Waals surface area (Å²) in [6.07, 6.45) is -0.666. The van der Waals surface area contributed by atoms with Crippen LogP contribution in [0.5, 0.6) is 5.75 Å². The standard InChI is InChI=1S/C18H27N3O6/c1-13(22)11-25-8-9-26-17(19)12-27-16-5-3-4-15(10-16)18(24)21-7-6-20-14(2)23/h3-5,10,17H,6-9,11-12,19H2,1-2H3,(H,20,23)(H,21,24). The largest absolute Gasteiger partial charge is 0.489 e. The fraction of sp³-hybridized carbons (Fsp3) is 0.500. The molecule has 0 bridgehead atoms. The van der Waals surface area contributed by atoms with E-state index in [1.54, 1.807) is 24.3 Å². The van der Waals surface area contributed by atoms with Crippen LogP contribution in [0.4, 0.5) is 0 Å². The molecule has 0 saturated carbocycles. The molecule has 0 saturated heterocycles. The first kappa shape index (κ1) is 22.6. The molecular weight excluding hydrogens is 354 g/mol. The van der Waals surface area contributed by atoms with Gasteiger partial charge < -0.3 is 30.6 Å². The van der Waals surface area contributed by atoms with E-state index in [2.05, 4.69) is 10.6 Å². The molecule has 1 atom stereocenters. The van der Waals surface area contributed by atoms with Crippen molar-refractivity contribution in [3.8, 4) is 5.75 Å². The molecule has 1 rings (SSSR count). The molecule has 4 N–H and O–H groups in total. The summed E-state index contributed by atoms with van der Waals surface area (Å²) in [5.41, 5.74) is 6.22. The first-order chi connectivity index (χ1) is 12.9. The number of hydrogen-bond donors (Lipinski definition) is 3. The van der Waals surface area contributed by atoms with Crippen molar-refractivity contribution in [3.63, 3.8) is 0 Å². The third-order valence-corrected chi connectivity index (χ3v) is 3.16. The number of nitrogens with one attached hydrogen (secondary N) is 2. The van der Waals surface area contributed by atoms with Crippen molar-refractivity contribution < 1.29 is 28.6 Å². The van der Waals surface area contributed by atoms with Crippen molar-refractivity contribution in [3.05, 3.63) is 29.8 Å². The minimum Gasteiger partial charge on any atom is -0.489 e. The summed E-state index contributed by atoms with van der Waals surface area (Å²) in [5.74, 6) is 0.00986. The van der Waals surface area contributed by atoms with Crippen LogP contribution in [0.1, 0.15) is 24.2 Å². The van der Waals surface area contributed by atoms with E-state index in [4.69, 9.17) is 19.9 Å². The lowest BCUT2D eigenvalue weighted by Gasteiger charge is -2.14. The number of amides is 2. The van der Waals surface area contributed by atoms with Crippen LogP contribution in [0.25, 0.3) is 0 Å². The quantitative estimate of drug-likeness (QED) is 0.320. The number of ether oxygens (including phenoxy) is 3. The van der Waals surface area contributed by atoms with Gasteiger partial charge >= 0.3 is 0 Å². The van der Waals surface area contributed by atoms with Crippen LogP contribution in [-0.2, 0) is 19.1 Å². The Hall–Kier alpha value is -2.49. The lowest BCUT2D eigenvalue weighted by atomic mass is 10.2. The number of benzene rings is 1. The van der Waals surface area contributed by atoms with Gasteiger partial charge in [0, 0.05) is 25.6 Å². The van der Waals surface area contributed by atoms with Crippen LogP contribution in [0.2, 0.25) is 0 Å². The van der Waals surface area contributed by atoms with Crippen molar-refractivity contribution >= 4 is 17.6 Å². The molecule has 9 nitrogen and oxygen atoms in total. The number of hydrogen-bond acceptors (Lipinski definition) is 7. The van der Waals surface area contributed by atoms with E-state index in [0.717, 1.165) is 0 Å². The Morgan fingerprint density at radius 2 is 1.85 bits per heavy atom. The highest BCUT2D eigenvalue weighted by Crippen LogP contribution is 2.13. The zero-order valence-electron chi connectivity index (χ0n) is 15.7. The van der Waals surface area contributed by atoms with E-state index in [9.17, 15) is 14.4 Å². The Kier molecular flexibility index (Phi) is 10.7. The van der Waals surface area contributed by atoms with Crippen LogP contribution in [0.15, 0.2) is 24.3 Å². The Bertz CT molecular complexity index is 623. The molecule has 150 valence electrons. The normalized spacial score (nSPS) is 11.5. The topological polar surface area (TPSA) is 129 Å². The molecule has 1 aromatic carbocycles. The molecule has 0 radical (unpaired) electrons. The average molecular weight is 381 g/mol. The molecular formula is C18H27N3O6. The predicted molar refractivity (Wildman–Crippen MR) is 98.4 cm³/mol. The Balaban J connectivity index is 2.31. The van der Waals surface area contributed by atoms with Crippen LogP contribution >= 0.6 is 0 Å². The van der Waals surface area contributed by atoms with Gasteiger partial charge in [-0.3, -0.25) is 14.4 Å². The monoisotopic (exact) mass is 381 g/mol. The highest BCUT2D eigenvalue weighted by molar-refractivity contribution is 5.94. The Morgan fingerprint density at radius 3 is 2.56 bits per heavy atom. The molecule has 0 heterocycles. The fourth-order valence-corrected chi connectivity index (χ4v) is 1.94. The van der Waals surface area contributed by atoms with Crippen molar-refractivity contribution in [2.45, 2.75) is 20.1 Å². The molecule has 2 amide bonds. The van der Waals surface area contributed by atoms with Crippen molar-refractivity contribution in [2.24, 2.45) is 5.73 Å². The van der Waals surface area contributed by atoms with Crippen LogP contribution in [-0.4, -0.2) is 63.3 Å². The van der Waals surface area contributed by atoms with Gasteiger partial charge in [-0.05, 0) is 25.1 Å². The summed E-state index contributed by atoms with van der Waals surface area (Å²) in [5, 5.41) is 5.29. The summed E-state index contributed by atoms with van der Waals surface area (Å²) < 4.78 is 15.9. The third-order valence-electron chi connectivity index (χ3n) is 3.16. The number of Topliss-reactive ketones (excluding diaryl/α,β-unsaturated/α-hetero) is 1. The zero-order chi connectivity index (χ0) is 20.1. The fourth-order valence-electron chi connectivity index (χ4n) is 1.94. The van der Waals surface area contributed by atoms with Crippen LogP contribution < -0.4 is 21.1 Å². The molecule has 9 heteroatoms. The molecule has 0 aliphatic rings. The highest BCUT2D eigenvalue weighted by atomic mass is 16.6. The van der Waals surface area contributed by atoms with Gasteiger partial charge in [0.2, 0.25) is 5.91 Å². The van der Waals surface area contributed by atoms with Crippen molar-refractivity contribution in [2.75, 3.05) is 39.5 Å². The SMILES string of the molecule is CC(=O)COCCOC(N)COc1cccc(C(=O)NCCNC(C)=O)c1. The molecule has 27 heavy (non-hydrogen) atoms. The first-order valence-electron chi connectivity index (χ1n) is 8.58. The van der Waals surface area contributed by atoms with Crippen molar-refractivity contribution in [1.29, 1.82) is 0 Å². The van der Waals surface area contributed by atoms with E-state index < -0.39 is 6.23 Å². The van der Waals surface area contributed by atoms with E-state index in [1.807, 2.05) is 0 Å². The summed E-state index contributed by atoms with van der Waals surface area (Å²) in [7, 11) is 0. The lowest BCUT2D eigenvalue weighted by Crippen LogP contribution is -2.33. The molecule has 0 aromatic heterocycles. The molecule has 1 aromatic rings. The van der Waals surface area contributed by atoms with E-state index in [-0.39, 0.29) is 44.0 Å². The Morgan fingerprint density at radius 1 is 1.11 bits per heavy atom. The second-order valence-electron chi connectivity index (χ2n) is 5.74. The molecule has 0 aliphatic heterocycles. The van der Waals surface area contributed by atoms with Gasteiger partial charge in [-0.15, -0.1) is 0 Å². The maximum atomic E-state index is 12.1. The second kappa shape index (κ2) is 12.8. The molecule has 0 spiro atoms. The van der Waals surface area contributed by atoms with E-state index in [1.165, 1.54) is 13.8 Å². The van der Waals surface area contributed by atoms with Gasteiger partial charge in [-0.25, -0.2) is 0 Å². The van der Waals surface area contributed by atoms with Crippen molar-refractivity contribution in [1.82, 2.24) is 10.6 Å². The number of rotatable bonds is 13. The number of ketones is 1.